The minimum Gasteiger partial charge on any atom is -0.489 e. The molecule has 0 unspecified atom stereocenters. The predicted molar refractivity (Wildman–Crippen MR) is 95.4 cm³/mol. The second kappa shape index (κ2) is 7.28. The lowest BCUT2D eigenvalue weighted by atomic mass is 10.1. The number of nitrogens with one attached hydrogen (secondary N) is 1. The van der Waals surface area contributed by atoms with Crippen molar-refractivity contribution in [2.45, 2.75) is 31.4 Å². The van der Waals surface area contributed by atoms with Crippen LogP contribution in [0.15, 0.2) is 54.6 Å². The zero-order valence-electron chi connectivity index (χ0n) is 14.2. The van der Waals surface area contributed by atoms with Crippen molar-refractivity contribution in [2.75, 3.05) is 13.2 Å². The lowest BCUT2D eigenvalue weighted by Crippen LogP contribution is -2.33. The van der Waals surface area contributed by atoms with Gasteiger partial charge >= 0.3 is 0 Å². The first-order chi connectivity index (χ1) is 12.3. The van der Waals surface area contributed by atoms with Gasteiger partial charge in [0.1, 0.15) is 12.4 Å². The Kier molecular flexibility index (Phi) is 4.70. The number of carbonyl (C=O) groups excluding carboxylic acids is 1. The maximum absolute atomic E-state index is 12.1. The molecule has 1 amide bonds. The van der Waals surface area contributed by atoms with E-state index in [4.69, 9.17) is 9.47 Å². The highest BCUT2D eigenvalue weighted by Crippen LogP contribution is 2.41. The third-order valence-corrected chi connectivity index (χ3v) is 4.98. The van der Waals surface area contributed by atoms with Crippen LogP contribution in [-0.2, 0) is 16.1 Å². The van der Waals surface area contributed by atoms with E-state index in [-0.39, 0.29) is 17.9 Å². The monoisotopic (exact) mass is 337 g/mol. The standard InChI is InChI=1S/C21H23NO3/c23-21(17-10-11-24-14-17)22-20-12-19(20)16-6-8-18(9-7-16)25-13-15-4-2-1-3-5-15/h1-9,17,19-20H,10-14H2,(H,22,23)/t17-,19-,20-/m1/s1. The Morgan fingerprint density at radius 3 is 2.64 bits per heavy atom. The van der Waals surface area contributed by atoms with Gasteiger partial charge in [0.2, 0.25) is 5.91 Å². The van der Waals surface area contributed by atoms with E-state index in [0.717, 1.165) is 24.2 Å². The van der Waals surface area contributed by atoms with E-state index < -0.39 is 0 Å². The molecule has 1 N–H and O–H groups in total. The third-order valence-electron chi connectivity index (χ3n) is 4.98. The summed E-state index contributed by atoms with van der Waals surface area (Å²) in [5.74, 6) is 1.48. The molecule has 1 aliphatic heterocycles. The van der Waals surface area contributed by atoms with Gasteiger partial charge in [-0.25, -0.2) is 0 Å². The SMILES string of the molecule is O=C(N[C@@H]1C[C@@H]1c1ccc(OCc2ccccc2)cc1)[C@@H]1CCOC1. The highest BCUT2D eigenvalue weighted by molar-refractivity contribution is 5.79. The van der Waals surface area contributed by atoms with E-state index in [2.05, 4.69) is 29.6 Å². The molecular weight excluding hydrogens is 314 g/mol. The fraction of sp³-hybridized carbons (Fsp3) is 0.381. The maximum atomic E-state index is 12.1. The first-order valence-corrected chi connectivity index (χ1v) is 8.94. The average Bonchev–Trinajstić information content (AvgIpc) is 3.19. The van der Waals surface area contributed by atoms with Crippen LogP contribution in [0.4, 0.5) is 0 Å². The summed E-state index contributed by atoms with van der Waals surface area (Å²) in [6.07, 6.45) is 1.86. The molecular formula is C21H23NO3. The molecule has 4 nitrogen and oxygen atoms in total. The van der Waals surface area contributed by atoms with Gasteiger partial charge in [-0.05, 0) is 36.1 Å². The minimum atomic E-state index is 0.0370. The van der Waals surface area contributed by atoms with E-state index in [0.29, 0.717) is 25.7 Å². The van der Waals surface area contributed by atoms with E-state index in [1.807, 2.05) is 30.3 Å². The van der Waals surface area contributed by atoms with Crippen LogP contribution in [0.5, 0.6) is 5.75 Å². The molecule has 1 saturated heterocycles. The van der Waals surface area contributed by atoms with Crippen molar-refractivity contribution in [1.29, 1.82) is 0 Å². The van der Waals surface area contributed by atoms with Crippen molar-refractivity contribution < 1.29 is 14.3 Å². The van der Waals surface area contributed by atoms with Crippen molar-refractivity contribution in [2.24, 2.45) is 5.92 Å². The van der Waals surface area contributed by atoms with Crippen LogP contribution in [0, 0.1) is 5.92 Å². The molecule has 0 bridgehead atoms. The molecule has 0 spiro atoms. The zero-order chi connectivity index (χ0) is 17.1. The number of benzene rings is 2. The quantitative estimate of drug-likeness (QED) is 0.880. The van der Waals surface area contributed by atoms with Gasteiger partial charge in [-0.1, -0.05) is 42.5 Å². The lowest BCUT2D eigenvalue weighted by molar-refractivity contribution is -0.125. The van der Waals surface area contributed by atoms with Gasteiger partial charge in [0, 0.05) is 18.6 Å². The maximum Gasteiger partial charge on any atom is 0.225 e. The number of rotatable bonds is 6. The van der Waals surface area contributed by atoms with Gasteiger partial charge in [0.25, 0.3) is 0 Å². The Hall–Kier alpha value is -2.33. The number of ether oxygens (including phenoxy) is 2. The minimum absolute atomic E-state index is 0.0370. The van der Waals surface area contributed by atoms with Crippen LogP contribution in [0.2, 0.25) is 0 Å². The van der Waals surface area contributed by atoms with E-state index in [1.54, 1.807) is 0 Å². The van der Waals surface area contributed by atoms with Crippen molar-refractivity contribution in [3.8, 4) is 5.75 Å². The highest BCUT2D eigenvalue weighted by atomic mass is 16.5. The predicted octanol–water partition coefficient (Wildman–Crippen LogP) is 3.27. The van der Waals surface area contributed by atoms with E-state index in [9.17, 15) is 4.79 Å². The van der Waals surface area contributed by atoms with Crippen LogP contribution >= 0.6 is 0 Å². The number of hydrogen-bond donors (Lipinski definition) is 1. The zero-order valence-corrected chi connectivity index (χ0v) is 14.2. The Morgan fingerprint density at radius 1 is 1.12 bits per heavy atom. The van der Waals surface area contributed by atoms with Crippen molar-refractivity contribution >= 4 is 5.91 Å². The van der Waals surface area contributed by atoms with Crippen LogP contribution in [0.1, 0.15) is 29.9 Å². The summed E-state index contributed by atoms with van der Waals surface area (Å²) in [4.78, 5) is 12.1. The molecule has 0 radical (unpaired) electrons. The summed E-state index contributed by atoms with van der Waals surface area (Å²) < 4.78 is 11.1. The molecule has 1 heterocycles. The summed E-state index contributed by atoms with van der Waals surface area (Å²) in [5.41, 5.74) is 2.42. The van der Waals surface area contributed by atoms with Gasteiger partial charge in [0.05, 0.1) is 12.5 Å². The Balaban J connectivity index is 1.27. The number of carbonyl (C=O) groups is 1. The van der Waals surface area contributed by atoms with Gasteiger partial charge in [-0.3, -0.25) is 4.79 Å². The van der Waals surface area contributed by atoms with Gasteiger partial charge < -0.3 is 14.8 Å². The molecule has 2 fully saturated rings. The molecule has 2 aliphatic rings. The van der Waals surface area contributed by atoms with Crippen molar-refractivity contribution in [1.82, 2.24) is 5.32 Å². The van der Waals surface area contributed by atoms with Crippen LogP contribution in [-0.4, -0.2) is 25.2 Å². The second-order valence-electron chi connectivity index (χ2n) is 6.86. The molecule has 0 aromatic heterocycles. The molecule has 3 atom stereocenters. The number of hydrogen-bond acceptors (Lipinski definition) is 3. The summed E-state index contributed by atoms with van der Waals surface area (Å²) >= 11 is 0. The topological polar surface area (TPSA) is 47.6 Å². The number of amides is 1. The molecule has 1 aliphatic carbocycles. The van der Waals surface area contributed by atoms with Gasteiger partial charge in [-0.2, -0.15) is 0 Å². The van der Waals surface area contributed by atoms with Gasteiger partial charge in [-0.15, -0.1) is 0 Å². The smallest absolute Gasteiger partial charge is 0.225 e. The normalized spacial score (nSPS) is 24.7. The van der Waals surface area contributed by atoms with Gasteiger partial charge in [0.15, 0.2) is 0 Å². The first kappa shape index (κ1) is 16.2. The first-order valence-electron chi connectivity index (χ1n) is 8.94. The molecule has 130 valence electrons. The van der Waals surface area contributed by atoms with Crippen LogP contribution in [0.3, 0.4) is 0 Å². The molecule has 25 heavy (non-hydrogen) atoms. The lowest BCUT2D eigenvalue weighted by Gasteiger charge is -2.10. The largest absolute Gasteiger partial charge is 0.489 e. The summed E-state index contributed by atoms with van der Waals surface area (Å²) in [6, 6.07) is 18.7. The fourth-order valence-corrected chi connectivity index (χ4v) is 3.32. The van der Waals surface area contributed by atoms with Crippen molar-refractivity contribution in [3.63, 3.8) is 0 Å². The van der Waals surface area contributed by atoms with Crippen molar-refractivity contribution in [3.05, 3.63) is 65.7 Å². The molecule has 2 aromatic rings. The summed E-state index contributed by atoms with van der Waals surface area (Å²) in [6.45, 7) is 1.85. The fourth-order valence-electron chi connectivity index (χ4n) is 3.32. The average molecular weight is 337 g/mol. The third kappa shape index (κ3) is 4.02. The molecule has 1 saturated carbocycles. The van der Waals surface area contributed by atoms with E-state index >= 15 is 0 Å². The van der Waals surface area contributed by atoms with Crippen LogP contribution in [0.25, 0.3) is 0 Å². The summed E-state index contributed by atoms with van der Waals surface area (Å²) in [7, 11) is 0. The van der Waals surface area contributed by atoms with Crippen LogP contribution < -0.4 is 10.1 Å². The Labute approximate surface area is 148 Å². The second-order valence-corrected chi connectivity index (χ2v) is 6.86. The highest BCUT2D eigenvalue weighted by Gasteiger charge is 2.40. The molecule has 4 heteroatoms. The molecule has 2 aromatic carbocycles. The van der Waals surface area contributed by atoms with E-state index in [1.165, 1.54) is 5.56 Å². The molecule has 4 rings (SSSR count). The summed E-state index contributed by atoms with van der Waals surface area (Å²) in [5, 5.41) is 3.16. The Bertz CT molecular complexity index is 708. The Morgan fingerprint density at radius 2 is 1.92 bits per heavy atom.